The number of benzene rings is 1. The van der Waals surface area contributed by atoms with E-state index in [1.165, 1.54) is 12.1 Å². The average molecular weight is 420 g/mol. The van der Waals surface area contributed by atoms with Crippen LogP contribution in [-0.4, -0.2) is 60.0 Å². The largest absolute Gasteiger partial charge is 0.416 e. The van der Waals surface area contributed by atoms with Gasteiger partial charge in [0, 0.05) is 36.6 Å². The van der Waals surface area contributed by atoms with E-state index in [1.807, 2.05) is 30.1 Å². The molecule has 1 saturated heterocycles. The van der Waals surface area contributed by atoms with E-state index in [1.54, 1.807) is 6.20 Å². The van der Waals surface area contributed by atoms with Gasteiger partial charge in [0.1, 0.15) is 0 Å². The summed E-state index contributed by atoms with van der Waals surface area (Å²) in [7, 11) is 1.89. The highest BCUT2D eigenvalue weighted by molar-refractivity contribution is 5.92. The maximum atomic E-state index is 12.8. The van der Waals surface area contributed by atoms with E-state index >= 15 is 0 Å². The van der Waals surface area contributed by atoms with Gasteiger partial charge in [0.25, 0.3) is 0 Å². The van der Waals surface area contributed by atoms with Crippen LogP contribution in [0, 0.1) is 0 Å². The molecule has 1 fully saturated rings. The van der Waals surface area contributed by atoms with Gasteiger partial charge in [0.05, 0.1) is 12.1 Å². The number of hydrogen-bond acceptors (Lipinski definition) is 4. The number of amides is 1. The predicted octanol–water partition coefficient (Wildman–Crippen LogP) is 3.68. The van der Waals surface area contributed by atoms with Crippen LogP contribution < -0.4 is 5.32 Å². The van der Waals surface area contributed by atoms with Crippen LogP contribution in [0.2, 0.25) is 0 Å². The maximum Gasteiger partial charge on any atom is 0.416 e. The summed E-state index contributed by atoms with van der Waals surface area (Å²) in [4.78, 5) is 21.0. The Labute approximate surface area is 174 Å². The third-order valence-electron chi connectivity index (χ3n) is 5.46. The molecule has 162 valence electrons. The molecule has 1 aliphatic rings. The van der Waals surface area contributed by atoms with E-state index in [9.17, 15) is 18.0 Å². The molecule has 0 spiro atoms. The van der Waals surface area contributed by atoms with Crippen molar-refractivity contribution in [2.24, 2.45) is 0 Å². The number of hydrogen-bond donors (Lipinski definition) is 1. The number of nitrogens with one attached hydrogen (secondary N) is 1. The Kier molecular flexibility index (Phi) is 7.44. The highest BCUT2D eigenvalue weighted by atomic mass is 19.4. The third-order valence-corrected chi connectivity index (χ3v) is 5.46. The number of piperidine rings is 1. The summed E-state index contributed by atoms with van der Waals surface area (Å²) in [6.45, 7) is 3.02. The van der Waals surface area contributed by atoms with Crippen molar-refractivity contribution in [2.75, 3.05) is 38.5 Å². The zero-order chi connectivity index (χ0) is 21.6. The van der Waals surface area contributed by atoms with E-state index in [4.69, 9.17) is 0 Å². The Morgan fingerprint density at radius 2 is 1.97 bits per heavy atom. The Balaban J connectivity index is 1.42. The monoisotopic (exact) mass is 420 g/mol. The second kappa shape index (κ2) is 10.0. The predicted molar refractivity (Wildman–Crippen MR) is 110 cm³/mol. The van der Waals surface area contributed by atoms with Crippen molar-refractivity contribution < 1.29 is 18.0 Å². The van der Waals surface area contributed by atoms with Gasteiger partial charge in [0.15, 0.2) is 0 Å². The van der Waals surface area contributed by atoms with Gasteiger partial charge >= 0.3 is 6.18 Å². The standard InChI is InChI=1S/C22H27F3N4O/c1-28(16-21(30)27-19-7-4-5-17(15-19)22(23,24)25)20-9-13-29(14-10-20)12-8-18-6-2-3-11-26-18/h2-7,11,15,20H,8-10,12-14,16H2,1H3,(H,27,30). The number of aromatic nitrogens is 1. The Morgan fingerprint density at radius 1 is 1.20 bits per heavy atom. The number of likely N-dealkylation sites (tertiary alicyclic amines) is 1. The van der Waals surface area contributed by atoms with Gasteiger partial charge in [-0.15, -0.1) is 0 Å². The number of alkyl halides is 3. The first-order valence-electron chi connectivity index (χ1n) is 10.1. The first-order chi connectivity index (χ1) is 14.3. The minimum absolute atomic E-state index is 0.148. The molecule has 0 bridgehead atoms. The lowest BCUT2D eigenvalue weighted by Gasteiger charge is -2.36. The van der Waals surface area contributed by atoms with E-state index in [-0.39, 0.29) is 24.2 Å². The molecule has 1 amide bonds. The fourth-order valence-corrected chi connectivity index (χ4v) is 3.73. The molecule has 5 nitrogen and oxygen atoms in total. The lowest BCUT2D eigenvalue weighted by atomic mass is 10.0. The van der Waals surface area contributed by atoms with E-state index in [2.05, 4.69) is 15.2 Å². The van der Waals surface area contributed by atoms with Crippen LogP contribution in [-0.2, 0) is 17.4 Å². The molecular formula is C22H27F3N4O. The fraction of sp³-hybridized carbons (Fsp3) is 0.455. The minimum atomic E-state index is -4.43. The van der Waals surface area contributed by atoms with Crippen LogP contribution in [0.3, 0.4) is 0 Å². The summed E-state index contributed by atoms with van der Waals surface area (Å²) in [5.74, 6) is -0.311. The van der Waals surface area contributed by atoms with E-state index < -0.39 is 11.7 Å². The molecule has 2 aromatic rings. The molecule has 0 unspecified atom stereocenters. The van der Waals surface area contributed by atoms with Crippen molar-refractivity contribution in [3.63, 3.8) is 0 Å². The van der Waals surface area contributed by atoms with Gasteiger partial charge in [0.2, 0.25) is 5.91 Å². The molecular weight excluding hydrogens is 393 g/mol. The number of anilines is 1. The molecule has 1 N–H and O–H groups in total. The smallest absolute Gasteiger partial charge is 0.325 e. The zero-order valence-electron chi connectivity index (χ0n) is 17.0. The van der Waals surface area contributed by atoms with E-state index in [0.29, 0.717) is 0 Å². The molecule has 3 rings (SSSR count). The van der Waals surface area contributed by atoms with Gasteiger partial charge in [-0.25, -0.2) is 0 Å². The number of carbonyl (C=O) groups excluding carboxylic acids is 1. The highest BCUT2D eigenvalue weighted by Crippen LogP contribution is 2.30. The maximum absolute atomic E-state index is 12.8. The topological polar surface area (TPSA) is 48.5 Å². The first-order valence-corrected chi connectivity index (χ1v) is 10.1. The van der Waals surface area contributed by atoms with Crippen LogP contribution in [0.1, 0.15) is 24.1 Å². The van der Waals surface area contributed by atoms with Crippen LogP contribution in [0.5, 0.6) is 0 Å². The highest BCUT2D eigenvalue weighted by Gasteiger charge is 2.30. The molecule has 0 aliphatic carbocycles. The summed E-state index contributed by atoms with van der Waals surface area (Å²) < 4.78 is 38.4. The lowest BCUT2D eigenvalue weighted by molar-refractivity contribution is -0.137. The summed E-state index contributed by atoms with van der Waals surface area (Å²) in [5.41, 5.74) is 0.474. The van der Waals surface area contributed by atoms with Gasteiger partial charge in [-0.2, -0.15) is 13.2 Å². The van der Waals surface area contributed by atoms with Gasteiger partial charge in [-0.3, -0.25) is 14.7 Å². The molecule has 1 aromatic carbocycles. The quantitative estimate of drug-likeness (QED) is 0.743. The van der Waals surface area contributed by atoms with Crippen LogP contribution in [0.15, 0.2) is 48.7 Å². The number of halogens is 3. The number of likely N-dealkylation sites (N-methyl/N-ethyl adjacent to an activating group) is 1. The zero-order valence-corrected chi connectivity index (χ0v) is 17.0. The SMILES string of the molecule is CN(CC(=O)Nc1cccc(C(F)(F)F)c1)C1CCN(CCc2ccccn2)CC1. The second-order valence-electron chi connectivity index (χ2n) is 7.69. The third kappa shape index (κ3) is 6.53. The molecule has 8 heteroatoms. The number of nitrogens with zero attached hydrogens (tertiary/aromatic N) is 3. The van der Waals surface area contributed by atoms with Crippen molar-refractivity contribution in [1.29, 1.82) is 0 Å². The van der Waals surface area contributed by atoms with Crippen molar-refractivity contribution >= 4 is 11.6 Å². The number of pyridine rings is 1. The summed E-state index contributed by atoms with van der Waals surface area (Å²) >= 11 is 0. The number of rotatable bonds is 7. The van der Waals surface area contributed by atoms with Gasteiger partial charge in [-0.1, -0.05) is 12.1 Å². The Hall–Kier alpha value is -2.45. The lowest BCUT2D eigenvalue weighted by Crippen LogP contribution is -2.46. The van der Waals surface area contributed by atoms with Gasteiger partial charge in [-0.05, 0) is 63.3 Å². The van der Waals surface area contributed by atoms with Crippen LogP contribution in [0.4, 0.5) is 18.9 Å². The number of carbonyl (C=O) groups is 1. The van der Waals surface area contributed by atoms with Gasteiger partial charge < -0.3 is 10.2 Å². The molecule has 0 radical (unpaired) electrons. The van der Waals surface area contributed by atoms with Crippen molar-refractivity contribution in [1.82, 2.24) is 14.8 Å². The normalized spacial score (nSPS) is 16.0. The molecule has 1 aliphatic heterocycles. The van der Waals surface area contributed by atoms with Crippen molar-refractivity contribution in [3.8, 4) is 0 Å². The second-order valence-corrected chi connectivity index (χ2v) is 7.69. The fourth-order valence-electron chi connectivity index (χ4n) is 3.73. The summed E-state index contributed by atoms with van der Waals surface area (Å²) in [6, 6.07) is 10.9. The molecule has 30 heavy (non-hydrogen) atoms. The van der Waals surface area contributed by atoms with Crippen LogP contribution in [0.25, 0.3) is 0 Å². The van der Waals surface area contributed by atoms with E-state index in [0.717, 1.165) is 56.7 Å². The molecule has 0 saturated carbocycles. The first kappa shape index (κ1) is 22.2. The molecule has 2 heterocycles. The summed E-state index contributed by atoms with van der Waals surface area (Å²) in [5, 5.41) is 2.57. The molecule has 1 aromatic heterocycles. The molecule has 0 atom stereocenters. The summed E-state index contributed by atoms with van der Waals surface area (Å²) in [6.07, 6.45) is 0.203. The van der Waals surface area contributed by atoms with Crippen molar-refractivity contribution in [2.45, 2.75) is 31.5 Å². The van der Waals surface area contributed by atoms with Crippen molar-refractivity contribution in [3.05, 3.63) is 59.9 Å². The minimum Gasteiger partial charge on any atom is -0.325 e. The Bertz CT molecular complexity index is 821. The average Bonchev–Trinajstić information content (AvgIpc) is 2.73. The Morgan fingerprint density at radius 3 is 2.63 bits per heavy atom. The van der Waals surface area contributed by atoms with Crippen LogP contribution >= 0.6 is 0 Å².